The van der Waals surface area contributed by atoms with Crippen molar-refractivity contribution in [1.29, 1.82) is 0 Å². The van der Waals surface area contributed by atoms with Gasteiger partial charge in [-0.05, 0) is 49.4 Å². The molecule has 5 rings (SSSR count). The molecule has 9 nitrogen and oxygen atoms in total. The van der Waals surface area contributed by atoms with Crippen LogP contribution in [0.2, 0.25) is 5.02 Å². The van der Waals surface area contributed by atoms with Crippen LogP contribution in [0.25, 0.3) is 11.4 Å². The number of amides is 2. The Balaban J connectivity index is 1.09. The van der Waals surface area contributed by atoms with Gasteiger partial charge in [0.15, 0.2) is 5.82 Å². The van der Waals surface area contributed by atoms with Gasteiger partial charge in [0.05, 0.1) is 17.5 Å². The molecule has 0 aliphatic carbocycles. The number of benzene rings is 2. The first-order chi connectivity index (χ1) is 18.0. The van der Waals surface area contributed by atoms with Crippen LogP contribution in [0.15, 0.2) is 60.9 Å². The third-order valence-electron chi connectivity index (χ3n) is 6.88. The van der Waals surface area contributed by atoms with Gasteiger partial charge in [0, 0.05) is 62.1 Å². The topological polar surface area (TPSA) is 102 Å². The normalized spacial score (nSPS) is 18.1. The van der Waals surface area contributed by atoms with Gasteiger partial charge in [-0.3, -0.25) is 14.5 Å². The first kappa shape index (κ1) is 25.0. The number of hydrogen-bond donors (Lipinski definition) is 2. The summed E-state index contributed by atoms with van der Waals surface area (Å²) in [5.74, 6) is 0.466. The summed E-state index contributed by atoms with van der Waals surface area (Å²) in [6.07, 6.45) is 4.17. The molecule has 2 fully saturated rings. The molecule has 2 amide bonds. The van der Waals surface area contributed by atoms with Crippen molar-refractivity contribution in [2.75, 3.05) is 56.0 Å². The number of phenols is 1. The van der Waals surface area contributed by atoms with Crippen molar-refractivity contribution in [2.24, 2.45) is 5.92 Å². The predicted octanol–water partition coefficient (Wildman–Crippen LogP) is 3.11. The summed E-state index contributed by atoms with van der Waals surface area (Å²) in [7, 11) is 0. The van der Waals surface area contributed by atoms with Crippen LogP contribution in [0.1, 0.15) is 6.42 Å². The van der Waals surface area contributed by atoms with Crippen LogP contribution in [-0.4, -0.2) is 82.5 Å². The van der Waals surface area contributed by atoms with E-state index >= 15 is 0 Å². The Hall–Kier alpha value is -3.69. The van der Waals surface area contributed by atoms with Crippen molar-refractivity contribution in [3.05, 3.63) is 65.9 Å². The molecule has 0 saturated carbocycles. The molecule has 3 aromatic rings. The van der Waals surface area contributed by atoms with Gasteiger partial charge < -0.3 is 20.2 Å². The highest BCUT2D eigenvalue weighted by Crippen LogP contribution is 2.27. The Morgan fingerprint density at radius 1 is 1.00 bits per heavy atom. The maximum absolute atomic E-state index is 13.0. The van der Waals surface area contributed by atoms with Crippen LogP contribution in [0.3, 0.4) is 0 Å². The quantitative estimate of drug-likeness (QED) is 0.481. The molecule has 3 heterocycles. The molecule has 0 spiro atoms. The van der Waals surface area contributed by atoms with Gasteiger partial charge in [-0.25, -0.2) is 9.97 Å². The fourth-order valence-corrected chi connectivity index (χ4v) is 4.99. The molecule has 0 unspecified atom stereocenters. The molecule has 2 aromatic carbocycles. The van der Waals surface area contributed by atoms with E-state index in [0.29, 0.717) is 50.7 Å². The number of nitrogens with one attached hydrogen (secondary N) is 1. The second-order valence-corrected chi connectivity index (χ2v) is 9.77. The molecular formula is C27H29ClN6O3. The summed E-state index contributed by atoms with van der Waals surface area (Å²) in [4.78, 5) is 40.6. The van der Waals surface area contributed by atoms with Crippen LogP contribution in [0, 0.1) is 5.92 Å². The molecule has 1 aromatic heterocycles. The van der Waals surface area contributed by atoms with E-state index in [-0.39, 0.29) is 28.5 Å². The lowest BCUT2D eigenvalue weighted by atomic mass is 10.1. The van der Waals surface area contributed by atoms with Gasteiger partial charge >= 0.3 is 0 Å². The molecule has 0 radical (unpaired) electrons. The minimum Gasteiger partial charge on any atom is -0.506 e. The van der Waals surface area contributed by atoms with Crippen LogP contribution in [0.5, 0.6) is 5.75 Å². The van der Waals surface area contributed by atoms with E-state index in [1.165, 1.54) is 12.1 Å². The number of hydrogen-bond acceptors (Lipinski definition) is 7. The minimum atomic E-state index is -0.196. The molecule has 0 bridgehead atoms. The van der Waals surface area contributed by atoms with E-state index < -0.39 is 0 Å². The van der Waals surface area contributed by atoms with Gasteiger partial charge in [-0.15, -0.1) is 0 Å². The summed E-state index contributed by atoms with van der Waals surface area (Å²) in [6, 6.07) is 14.6. The average Bonchev–Trinajstić information content (AvgIpc) is 3.40. The van der Waals surface area contributed by atoms with E-state index in [1.54, 1.807) is 24.5 Å². The molecule has 10 heteroatoms. The summed E-state index contributed by atoms with van der Waals surface area (Å²) in [5.41, 5.74) is 2.61. The Kier molecular flexibility index (Phi) is 7.52. The third-order valence-corrected chi connectivity index (χ3v) is 7.19. The first-order valence-electron chi connectivity index (χ1n) is 12.4. The maximum Gasteiger partial charge on any atom is 0.236 e. The summed E-state index contributed by atoms with van der Waals surface area (Å²) < 4.78 is 0. The lowest BCUT2D eigenvalue weighted by molar-refractivity contribution is -0.132. The van der Waals surface area contributed by atoms with Gasteiger partial charge in [0.25, 0.3) is 0 Å². The van der Waals surface area contributed by atoms with Crippen LogP contribution in [0.4, 0.5) is 11.4 Å². The molecule has 2 aliphatic rings. The molecule has 192 valence electrons. The van der Waals surface area contributed by atoms with Gasteiger partial charge in [0.2, 0.25) is 11.8 Å². The van der Waals surface area contributed by atoms with Gasteiger partial charge in [-0.2, -0.15) is 0 Å². The molecule has 2 N–H and O–H groups in total. The summed E-state index contributed by atoms with van der Waals surface area (Å²) in [6.45, 7) is 4.38. The molecule has 37 heavy (non-hydrogen) atoms. The number of aromatic hydroxyl groups is 1. The second-order valence-electron chi connectivity index (χ2n) is 9.37. The number of rotatable bonds is 6. The lowest BCUT2D eigenvalue weighted by Gasteiger charge is -2.37. The van der Waals surface area contributed by atoms with Crippen molar-refractivity contribution in [3.63, 3.8) is 0 Å². The third kappa shape index (κ3) is 6.00. The molecule has 2 saturated heterocycles. The predicted molar refractivity (Wildman–Crippen MR) is 143 cm³/mol. The molecular weight excluding hydrogens is 492 g/mol. The molecule has 1 atom stereocenters. The fraction of sp³-hybridized carbons (Fsp3) is 0.333. The Labute approximate surface area is 220 Å². The fourth-order valence-electron chi connectivity index (χ4n) is 4.81. The Morgan fingerprint density at radius 3 is 2.54 bits per heavy atom. The first-order valence-corrected chi connectivity index (χ1v) is 12.8. The highest BCUT2D eigenvalue weighted by atomic mass is 35.5. The second kappa shape index (κ2) is 11.1. The van der Waals surface area contributed by atoms with Gasteiger partial charge in [-0.1, -0.05) is 23.7 Å². The van der Waals surface area contributed by atoms with Crippen molar-refractivity contribution < 1.29 is 14.7 Å². The van der Waals surface area contributed by atoms with Crippen LogP contribution < -0.4 is 10.2 Å². The zero-order valence-electron chi connectivity index (χ0n) is 20.4. The number of halogens is 1. The highest BCUT2D eigenvalue weighted by Gasteiger charge is 2.31. The highest BCUT2D eigenvalue weighted by molar-refractivity contribution is 6.32. The minimum absolute atomic E-state index is 0.0265. The van der Waals surface area contributed by atoms with Crippen molar-refractivity contribution >= 4 is 34.8 Å². The average molecular weight is 521 g/mol. The van der Waals surface area contributed by atoms with Crippen LogP contribution >= 0.6 is 11.6 Å². The van der Waals surface area contributed by atoms with Crippen LogP contribution in [-0.2, 0) is 9.59 Å². The summed E-state index contributed by atoms with van der Waals surface area (Å²) >= 11 is 5.93. The number of nitrogens with zero attached hydrogens (tertiary/aromatic N) is 5. The SMILES string of the molecule is O=C(Nc1ccc(O)c(Cl)c1)[C@@H]1CCN(CC(=O)N2CCN(c3cccc(-c4ncccn4)c3)CC2)C1. The van der Waals surface area contributed by atoms with Crippen molar-refractivity contribution in [2.45, 2.75) is 6.42 Å². The van der Waals surface area contributed by atoms with Crippen molar-refractivity contribution in [1.82, 2.24) is 19.8 Å². The van der Waals surface area contributed by atoms with E-state index in [1.807, 2.05) is 21.9 Å². The zero-order valence-corrected chi connectivity index (χ0v) is 21.1. The van der Waals surface area contributed by atoms with Gasteiger partial charge in [0.1, 0.15) is 5.75 Å². The Morgan fingerprint density at radius 2 is 1.78 bits per heavy atom. The number of carbonyl (C=O) groups excluding carboxylic acids is 2. The number of carbonyl (C=O) groups is 2. The maximum atomic E-state index is 13.0. The standard InChI is InChI=1S/C27H29ClN6O3/c28-23-16-21(5-6-24(23)35)31-27(37)20-7-10-32(17-20)18-25(36)34-13-11-33(12-14-34)22-4-1-3-19(15-22)26-29-8-2-9-30-26/h1-6,8-9,15-16,20,35H,7,10-14,17-18H2,(H,31,37)/t20-/m1/s1. The monoisotopic (exact) mass is 520 g/mol. The number of anilines is 2. The molecule has 2 aliphatic heterocycles. The number of piperazine rings is 1. The smallest absolute Gasteiger partial charge is 0.236 e. The number of phenolic OH excluding ortho intramolecular Hbond substituents is 1. The summed E-state index contributed by atoms with van der Waals surface area (Å²) in [5, 5.41) is 12.6. The number of aromatic nitrogens is 2. The van der Waals surface area contributed by atoms with E-state index in [0.717, 1.165) is 24.3 Å². The number of likely N-dealkylation sites (tertiary alicyclic amines) is 1. The lowest BCUT2D eigenvalue weighted by Crippen LogP contribution is -2.51. The largest absolute Gasteiger partial charge is 0.506 e. The zero-order chi connectivity index (χ0) is 25.8. The Bertz CT molecular complexity index is 1270. The van der Waals surface area contributed by atoms with Crippen molar-refractivity contribution in [3.8, 4) is 17.1 Å². The van der Waals surface area contributed by atoms with E-state index in [4.69, 9.17) is 11.6 Å². The van der Waals surface area contributed by atoms with E-state index in [9.17, 15) is 14.7 Å². The van der Waals surface area contributed by atoms with E-state index in [2.05, 4.69) is 32.3 Å².